The predicted molar refractivity (Wildman–Crippen MR) is 77.9 cm³/mol. The minimum absolute atomic E-state index is 0.0285. The summed E-state index contributed by atoms with van der Waals surface area (Å²) < 4.78 is 19.4. The molecule has 0 amide bonds. The average Bonchev–Trinajstić information content (AvgIpc) is 2.42. The molecule has 0 aliphatic carbocycles. The van der Waals surface area contributed by atoms with Gasteiger partial charge in [-0.15, -0.1) is 0 Å². The van der Waals surface area contributed by atoms with Crippen molar-refractivity contribution in [1.82, 2.24) is 0 Å². The summed E-state index contributed by atoms with van der Waals surface area (Å²) in [5.41, 5.74) is 1.25. The van der Waals surface area contributed by atoms with Crippen molar-refractivity contribution >= 4 is 33.3 Å². The average molecular weight is 356 g/mol. The van der Waals surface area contributed by atoms with Gasteiger partial charge < -0.3 is 4.74 Å². The molecule has 1 heterocycles. The van der Waals surface area contributed by atoms with E-state index in [1.807, 2.05) is 0 Å². The number of Topliss-reactive ketones (excluding diaryl/α,β-unsaturated/α-hetero) is 1. The lowest BCUT2D eigenvalue weighted by Gasteiger charge is -2.25. The number of fused-ring (bicyclic) bond motifs is 1. The summed E-state index contributed by atoms with van der Waals surface area (Å²) in [6.07, 6.45) is -0.195. The zero-order valence-electron chi connectivity index (χ0n) is 10.2. The van der Waals surface area contributed by atoms with Crippen LogP contribution < -0.4 is 4.74 Å². The Morgan fingerprint density at radius 3 is 2.80 bits per heavy atom. The van der Waals surface area contributed by atoms with Crippen LogP contribution >= 0.6 is 27.5 Å². The molecule has 0 spiro atoms. The molecular formula is C15H9BrClFO2. The fraction of sp³-hybridized carbons (Fsp3) is 0.133. The van der Waals surface area contributed by atoms with Gasteiger partial charge in [0.2, 0.25) is 0 Å². The molecule has 2 nitrogen and oxygen atoms in total. The molecule has 0 bridgehead atoms. The topological polar surface area (TPSA) is 26.3 Å². The minimum atomic E-state index is -0.409. The van der Waals surface area contributed by atoms with E-state index in [4.69, 9.17) is 16.3 Å². The molecule has 1 unspecified atom stereocenters. The van der Waals surface area contributed by atoms with Gasteiger partial charge in [-0.05, 0) is 51.8 Å². The summed E-state index contributed by atoms with van der Waals surface area (Å²) in [7, 11) is 0. The summed E-state index contributed by atoms with van der Waals surface area (Å²) >= 11 is 9.01. The van der Waals surface area contributed by atoms with Crippen molar-refractivity contribution < 1.29 is 13.9 Å². The van der Waals surface area contributed by atoms with E-state index in [0.29, 0.717) is 20.8 Å². The van der Waals surface area contributed by atoms with E-state index in [1.165, 1.54) is 6.07 Å². The SMILES string of the molecule is O=C1CC(c2ccc(F)c(Br)c2)Oc2ccc(Cl)cc21. The summed E-state index contributed by atoms with van der Waals surface area (Å²) in [5, 5.41) is 0.503. The highest BCUT2D eigenvalue weighted by Gasteiger charge is 2.28. The number of hydrogen-bond acceptors (Lipinski definition) is 2. The monoisotopic (exact) mass is 354 g/mol. The molecule has 1 aliphatic heterocycles. The van der Waals surface area contributed by atoms with Crippen LogP contribution in [0.2, 0.25) is 5.02 Å². The molecule has 2 aromatic carbocycles. The first-order valence-corrected chi connectivity index (χ1v) is 7.16. The van der Waals surface area contributed by atoms with Crippen LogP contribution in [0.5, 0.6) is 5.75 Å². The Morgan fingerprint density at radius 2 is 2.05 bits per heavy atom. The van der Waals surface area contributed by atoms with Gasteiger partial charge in [0.15, 0.2) is 5.78 Å². The van der Waals surface area contributed by atoms with Crippen molar-refractivity contribution in [3.05, 3.63) is 62.8 Å². The van der Waals surface area contributed by atoms with Crippen LogP contribution in [0.25, 0.3) is 0 Å². The van der Waals surface area contributed by atoms with Crippen molar-refractivity contribution in [2.45, 2.75) is 12.5 Å². The highest BCUT2D eigenvalue weighted by molar-refractivity contribution is 9.10. The molecule has 0 saturated carbocycles. The lowest BCUT2D eigenvalue weighted by molar-refractivity contribution is 0.0850. The largest absolute Gasteiger partial charge is 0.484 e. The normalized spacial score (nSPS) is 17.6. The third-order valence-corrected chi connectivity index (χ3v) is 4.04. The zero-order valence-corrected chi connectivity index (χ0v) is 12.5. The number of rotatable bonds is 1. The van der Waals surface area contributed by atoms with Gasteiger partial charge >= 0.3 is 0 Å². The predicted octanol–water partition coefficient (Wildman–Crippen LogP) is 4.95. The van der Waals surface area contributed by atoms with E-state index in [-0.39, 0.29) is 18.0 Å². The Kier molecular flexibility index (Phi) is 3.52. The highest BCUT2D eigenvalue weighted by atomic mass is 79.9. The molecule has 0 aromatic heterocycles. The Hall–Kier alpha value is -1.39. The molecule has 102 valence electrons. The second kappa shape index (κ2) is 5.19. The molecule has 1 atom stereocenters. The highest BCUT2D eigenvalue weighted by Crippen LogP contribution is 2.36. The molecule has 1 aliphatic rings. The number of carbonyl (C=O) groups is 1. The van der Waals surface area contributed by atoms with Gasteiger partial charge in [-0.1, -0.05) is 17.7 Å². The standard InChI is InChI=1S/C15H9BrClFO2/c16-11-5-8(1-3-12(11)18)15-7-13(19)10-6-9(17)2-4-14(10)20-15/h1-6,15H,7H2. The van der Waals surface area contributed by atoms with Gasteiger partial charge in [-0.3, -0.25) is 4.79 Å². The van der Waals surface area contributed by atoms with Crippen LogP contribution in [0.1, 0.15) is 28.4 Å². The summed E-state index contributed by atoms with van der Waals surface area (Å²) in [6.45, 7) is 0. The smallest absolute Gasteiger partial charge is 0.170 e. The molecular weight excluding hydrogens is 347 g/mol. The van der Waals surface area contributed by atoms with Gasteiger partial charge in [0.1, 0.15) is 17.7 Å². The second-order valence-electron chi connectivity index (χ2n) is 4.55. The molecule has 3 rings (SSSR count). The van der Waals surface area contributed by atoms with Crippen molar-refractivity contribution in [2.75, 3.05) is 0 Å². The number of halogens is 3. The summed E-state index contributed by atoms with van der Waals surface area (Å²) in [4.78, 5) is 12.1. The van der Waals surface area contributed by atoms with Crippen molar-refractivity contribution in [3.63, 3.8) is 0 Å². The van der Waals surface area contributed by atoms with Crippen LogP contribution in [-0.4, -0.2) is 5.78 Å². The van der Waals surface area contributed by atoms with E-state index < -0.39 is 6.10 Å². The number of benzene rings is 2. The number of carbonyl (C=O) groups excluding carboxylic acids is 1. The molecule has 5 heteroatoms. The fourth-order valence-corrected chi connectivity index (χ4v) is 2.76. The Balaban J connectivity index is 1.97. The second-order valence-corrected chi connectivity index (χ2v) is 5.84. The molecule has 0 saturated heterocycles. The van der Waals surface area contributed by atoms with Crippen LogP contribution in [0.15, 0.2) is 40.9 Å². The maximum absolute atomic E-state index is 13.3. The van der Waals surface area contributed by atoms with E-state index in [9.17, 15) is 9.18 Å². The lowest BCUT2D eigenvalue weighted by Crippen LogP contribution is -2.20. The van der Waals surface area contributed by atoms with Crippen LogP contribution in [0.4, 0.5) is 4.39 Å². The lowest BCUT2D eigenvalue weighted by atomic mass is 9.96. The van der Waals surface area contributed by atoms with Crippen molar-refractivity contribution in [3.8, 4) is 5.75 Å². The first-order valence-electron chi connectivity index (χ1n) is 5.99. The maximum Gasteiger partial charge on any atom is 0.170 e. The third-order valence-electron chi connectivity index (χ3n) is 3.20. The van der Waals surface area contributed by atoms with Gasteiger partial charge in [0, 0.05) is 5.02 Å². The van der Waals surface area contributed by atoms with Crippen LogP contribution in [-0.2, 0) is 0 Å². The van der Waals surface area contributed by atoms with Gasteiger partial charge in [0.05, 0.1) is 16.5 Å². The van der Waals surface area contributed by atoms with E-state index in [1.54, 1.807) is 30.3 Å². The molecule has 2 aromatic rings. The van der Waals surface area contributed by atoms with Gasteiger partial charge in [0.25, 0.3) is 0 Å². The number of hydrogen-bond donors (Lipinski definition) is 0. The molecule has 0 radical (unpaired) electrons. The zero-order chi connectivity index (χ0) is 14.3. The van der Waals surface area contributed by atoms with Gasteiger partial charge in [-0.2, -0.15) is 0 Å². The van der Waals surface area contributed by atoms with Crippen LogP contribution in [0, 0.1) is 5.82 Å². The van der Waals surface area contributed by atoms with E-state index >= 15 is 0 Å². The Morgan fingerprint density at radius 1 is 1.25 bits per heavy atom. The first-order chi connectivity index (χ1) is 9.54. The minimum Gasteiger partial charge on any atom is -0.484 e. The summed E-state index contributed by atoms with van der Waals surface area (Å²) in [5.74, 6) is 0.137. The number of ether oxygens (including phenoxy) is 1. The Labute approximate surface area is 128 Å². The Bertz CT molecular complexity index is 702. The maximum atomic E-state index is 13.3. The molecule has 0 N–H and O–H groups in total. The first kappa shape index (κ1) is 13.6. The summed E-state index contributed by atoms with van der Waals surface area (Å²) in [6, 6.07) is 9.57. The molecule has 0 fully saturated rings. The quantitative estimate of drug-likeness (QED) is 0.723. The van der Waals surface area contributed by atoms with Gasteiger partial charge in [-0.25, -0.2) is 4.39 Å². The fourth-order valence-electron chi connectivity index (χ4n) is 2.19. The number of ketones is 1. The van der Waals surface area contributed by atoms with Crippen molar-refractivity contribution in [2.24, 2.45) is 0 Å². The molecule has 20 heavy (non-hydrogen) atoms. The van der Waals surface area contributed by atoms with E-state index in [2.05, 4.69) is 15.9 Å². The van der Waals surface area contributed by atoms with E-state index in [0.717, 1.165) is 5.56 Å². The third kappa shape index (κ3) is 2.45. The van der Waals surface area contributed by atoms with Crippen LogP contribution in [0.3, 0.4) is 0 Å². The van der Waals surface area contributed by atoms with Crippen molar-refractivity contribution in [1.29, 1.82) is 0 Å².